The number of hydrogen-bond acceptors (Lipinski definition) is 3. The van der Waals surface area contributed by atoms with Crippen LogP contribution in [0.15, 0.2) is 6.07 Å². The Bertz CT molecular complexity index is 483. The third-order valence-corrected chi connectivity index (χ3v) is 4.31. The van der Waals surface area contributed by atoms with Gasteiger partial charge in [-0.2, -0.15) is 0 Å². The minimum Gasteiger partial charge on any atom is -0.486 e. The first-order valence-electron chi connectivity index (χ1n) is 6.53. The third-order valence-electron chi connectivity index (χ3n) is 4.01. The molecule has 98 valence electrons. The summed E-state index contributed by atoms with van der Waals surface area (Å²) in [5, 5.41) is 0.777. The van der Waals surface area contributed by atoms with Crippen molar-refractivity contribution in [3.05, 3.63) is 22.2 Å². The van der Waals surface area contributed by atoms with Crippen LogP contribution in [0.1, 0.15) is 30.9 Å². The van der Waals surface area contributed by atoms with E-state index in [9.17, 15) is 0 Å². The van der Waals surface area contributed by atoms with E-state index in [1.807, 2.05) is 6.07 Å². The van der Waals surface area contributed by atoms with Crippen molar-refractivity contribution in [2.24, 2.45) is 5.73 Å². The topological polar surface area (TPSA) is 44.5 Å². The van der Waals surface area contributed by atoms with E-state index in [0.717, 1.165) is 35.8 Å². The molecule has 0 unspecified atom stereocenters. The lowest BCUT2D eigenvalue weighted by molar-refractivity contribution is 0.169. The molecular weight excluding hydrogens is 250 g/mol. The molecule has 3 nitrogen and oxygen atoms in total. The van der Waals surface area contributed by atoms with Gasteiger partial charge in [0.1, 0.15) is 13.2 Å². The van der Waals surface area contributed by atoms with E-state index >= 15 is 0 Å². The molecule has 0 saturated heterocycles. The van der Waals surface area contributed by atoms with Gasteiger partial charge in [-0.05, 0) is 24.8 Å². The number of fused-ring (bicyclic) bond motifs is 1. The summed E-state index contributed by atoms with van der Waals surface area (Å²) in [5.74, 6) is 1.66. The van der Waals surface area contributed by atoms with Crippen molar-refractivity contribution in [3.63, 3.8) is 0 Å². The molecule has 18 heavy (non-hydrogen) atoms. The highest BCUT2D eigenvalue weighted by Gasteiger charge is 2.46. The molecule has 2 aliphatic rings. The minimum absolute atomic E-state index is 0.0816. The van der Waals surface area contributed by atoms with Crippen molar-refractivity contribution in [3.8, 4) is 11.5 Å². The van der Waals surface area contributed by atoms with Crippen LogP contribution < -0.4 is 15.2 Å². The van der Waals surface area contributed by atoms with Gasteiger partial charge in [-0.3, -0.25) is 0 Å². The Hall–Kier alpha value is -0.930. The summed E-state index contributed by atoms with van der Waals surface area (Å²) in [4.78, 5) is 0. The van der Waals surface area contributed by atoms with Gasteiger partial charge in [-0.1, -0.05) is 18.5 Å². The van der Waals surface area contributed by atoms with Crippen molar-refractivity contribution in [1.29, 1.82) is 0 Å². The average Bonchev–Trinajstić information content (AvgIpc) is 3.18. The first-order chi connectivity index (χ1) is 8.72. The maximum atomic E-state index is 6.46. The fourth-order valence-corrected chi connectivity index (χ4v) is 3.25. The summed E-state index contributed by atoms with van der Waals surface area (Å²) in [6.07, 6.45) is 3.13. The minimum atomic E-state index is 0.0816. The molecule has 4 heteroatoms. The molecule has 1 aliphatic heterocycles. The molecule has 0 aromatic heterocycles. The normalized spacial score (nSPS) is 19.7. The van der Waals surface area contributed by atoms with Crippen LogP contribution in [0.3, 0.4) is 0 Å². The fourth-order valence-electron chi connectivity index (χ4n) is 2.84. The molecule has 1 aromatic carbocycles. The van der Waals surface area contributed by atoms with Crippen LogP contribution in [-0.2, 0) is 11.8 Å². The highest BCUT2D eigenvalue weighted by molar-refractivity contribution is 6.32. The van der Waals surface area contributed by atoms with E-state index in [1.165, 1.54) is 11.1 Å². The molecule has 1 heterocycles. The van der Waals surface area contributed by atoms with Crippen LogP contribution in [0.5, 0.6) is 11.5 Å². The second kappa shape index (κ2) is 4.32. The smallest absolute Gasteiger partial charge is 0.164 e. The van der Waals surface area contributed by atoms with Crippen LogP contribution in [0.2, 0.25) is 5.02 Å². The van der Waals surface area contributed by atoms with Gasteiger partial charge in [-0.15, -0.1) is 0 Å². The Kier molecular flexibility index (Phi) is 2.91. The van der Waals surface area contributed by atoms with Crippen molar-refractivity contribution in [2.75, 3.05) is 19.8 Å². The molecule has 1 aromatic rings. The lowest BCUT2D eigenvalue weighted by atomic mass is 9.89. The highest BCUT2D eigenvalue weighted by Crippen LogP contribution is 2.54. The van der Waals surface area contributed by atoms with Crippen LogP contribution in [0, 0.1) is 0 Å². The lowest BCUT2D eigenvalue weighted by Crippen LogP contribution is -2.24. The SMILES string of the molecule is CCc1c2c(cc(Cl)c1C1(CN)CC1)OCCO2. The number of hydrogen-bond donors (Lipinski definition) is 1. The van der Waals surface area contributed by atoms with Crippen LogP contribution in [-0.4, -0.2) is 19.8 Å². The Morgan fingerprint density at radius 3 is 2.67 bits per heavy atom. The molecular formula is C14H18ClNO2. The molecule has 1 saturated carbocycles. The molecule has 2 N–H and O–H groups in total. The Morgan fingerprint density at radius 2 is 2.06 bits per heavy atom. The number of rotatable bonds is 3. The van der Waals surface area contributed by atoms with Crippen molar-refractivity contribution < 1.29 is 9.47 Å². The first kappa shape index (κ1) is 12.1. The largest absolute Gasteiger partial charge is 0.486 e. The van der Waals surface area contributed by atoms with Crippen LogP contribution >= 0.6 is 11.6 Å². The molecule has 1 aliphatic carbocycles. The van der Waals surface area contributed by atoms with E-state index in [2.05, 4.69) is 6.92 Å². The molecule has 1 fully saturated rings. The maximum Gasteiger partial charge on any atom is 0.164 e. The molecule has 0 radical (unpaired) electrons. The van der Waals surface area contributed by atoms with E-state index < -0.39 is 0 Å². The Labute approximate surface area is 112 Å². The van der Waals surface area contributed by atoms with Crippen molar-refractivity contribution >= 4 is 11.6 Å². The van der Waals surface area contributed by atoms with E-state index in [4.69, 9.17) is 26.8 Å². The predicted molar refractivity (Wildman–Crippen MR) is 71.8 cm³/mol. The molecule has 0 bridgehead atoms. The monoisotopic (exact) mass is 267 g/mol. The summed E-state index contributed by atoms with van der Waals surface area (Å²) < 4.78 is 11.4. The number of benzene rings is 1. The molecule has 3 rings (SSSR count). The van der Waals surface area contributed by atoms with E-state index in [0.29, 0.717) is 19.8 Å². The Morgan fingerprint density at radius 1 is 1.33 bits per heavy atom. The standard InChI is InChI=1S/C14H18ClNO2/c1-2-9-12(14(8-16)3-4-14)10(15)7-11-13(9)18-6-5-17-11/h7H,2-6,8,16H2,1H3. The predicted octanol–water partition coefficient (Wildman–Crippen LogP) is 2.66. The number of ether oxygens (including phenoxy) is 2. The summed E-state index contributed by atoms with van der Waals surface area (Å²) in [7, 11) is 0. The zero-order valence-electron chi connectivity index (χ0n) is 10.6. The van der Waals surface area contributed by atoms with Crippen molar-refractivity contribution in [1.82, 2.24) is 0 Å². The third kappa shape index (κ3) is 1.69. The summed E-state index contributed by atoms with van der Waals surface area (Å²) in [6.45, 7) is 3.98. The van der Waals surface area contributed by atoms with Gasteiger partial charge in [0.25, 0.3) is 0 Å². The Balaban J connectivity index is 2.19. The van der Waals surface area contributed by atoms with Gasteiger partial charge in [0, 0.05) is 28.6 Å². The molecule has 0 atom stereocenters. The van der Waals surface area contributed by atoms with Crippen LogP contribution in [0.25, 0.3) is 0 Å². The van der Waals surface area contributed by atoms with Gasteiger partial charge in [0.15, 0.2) is 11.5 Å². The van der Waals surface area contributed by atoms with Gasteiger partial charge in [0.2, 0.25) is 0 Å². The van der Waals surface area contributed by atoms with Crippen molar-refractivity contribution in [2.45, 2.75) is 31.6 Å². The molecule has 0 amide bonds. The van der Waals surface area contributed by atoms with Gasteiger partial charge < -0.3 is 15.2 Å². The first-order valence-corrected chi connectivity index (χ1v) is 6.91. The maximum absolute atomic E-state index is 6.46. The summed E-state index contributed by atoms with van der Waals surface area (Å²) in [6, 6.07) is 1.89. The van der Waals surface area contributed by atoms with Gasteiger partial charge in [-0.25, -0.2) is 0 Å². The van der Waals surface area contributed by atoms with E-state index in [-0.39, 0.29) is 5.41 Å². The second-order valence-electron chi connectivity index (χ2n) is 5.07. The lowest BCUT2D eigenvalue weighted by Gasteiger charge is -2.26. The zero-order chi connectivity index (χ0) is 12.8. The summed E-state index contributed by atoms with van der Waals surface area (Å²) in [5.41, 5.74) is 8.39. The van der Waals surface area contributed by atoms with Gasteiger partial charge in [0.05, 0.1) is 0 Å². The summed E-state index contributed by atoms with van der Waals surface area (Å²) >= 11 is 6.46. The van der Waals surface area contributed by atoms with E-state index in [1.54, 1.807) is 0 Å². The second-order valence-corrected chi connectivity index (χ2v) is 5.48. The quantitative estimate of drug-likeness (QED) is 0.916. The number of halogens is 1. The average molecular weight is 268 g/mol. The number of nitrogens with two attached hydrogens (primary N) is 1. The van der Waals surface area contributed by atoms with Gasteiger partial charge >= 0.3 is 0 Å². The zero-order valence-corrected chi connectivity index (χ0v) is 11.3. The molecule has 0 spiro atoms. The fraction of sp³-hybridized carbons (Fsp3) is 0.571. The highest BCUT2D eigenvalue weighted by atomic mass is 35.5. The van der Waals surface area contributed by atoms with Crippen LogP contribution in [0.4, 0.5) is 0 Å².